The predicted molar refractivity (Wildman–Crippen MR) is 92.1 cm³/mol. The van der Waals surface area contributed by atoms with Crippen LogP contribution in [-0.4, -0.2) is 37.1 Å². The number of halogens is 1. The largest absolute Gasteiger partial charge is 0.376 e. The van der Waals surface area contributed by atoms with E-state index in [1.807, 2.05) is 18.2 Å². The fourth-order valence-corrected chi connectivity index (χ4v) is 4.19. The third-order valence-electron chi connectivity index (χ3n) is 4.25. The van der Waals surface area contributed by atoms with Crippen molar-refractivity contribution < 1.29 is 14.3 Å². The van der Waals surface area contributed by atoms with Gasteiger partial charge in [0.15, 0.2) is 0 Å². The molecule has 1 aromatic rings. The number of ether oxygens (including phenoxy) is 2. The van der Waals surface area contributed by atoms with Crippen LogP contribution in [0, 0.1) is 0 Å². The van der Waals surface area contributed by atoms with E-state index in [-0.39, 0.29) is 18.1 Å². The fourth-order valence-electron chi connectivity index (χ4n) is 2.91. The van der Waals surface area contributed by atoms with E-state index in [0.29, 0.717) is 11.6 Å². The quantitative estimate of drug-likeness (QED) is 0.877. The molecule has 3 atom stereocenters. The fraction of sp³-hybridized carbons (Fsp3) is 0.588. The van der Waals surface area contributed by atoms with Gasteiger partial charge in [0.05, 0.1) is 18.8 Å². The number of carbonyl (C=O) groups excluding carboxylic acids is 1. The first-order valence-corrected chi connectivity index (χ1v) is 9.45. The molecule has 0 saturated carbocycles. The molecule has 1 aromatic carbocycles. The number of hydrogen-bond acceptors (Lipinski definition) is 4. The van der Waals surface area contributed by atoms with Crippen LogP contribution in [0.25, 0.3) is 0 Å². The zero-order chi connectivity index (χ0) is 16.2. The summed E-state index contributed by atoms with van der Waals surface area (Å²) in [7, 11) is 0. The Bertz CT molecular complexity index is 563. The first-order chi connectivity index (χ1) is 11.1. The van der Waals surface area contributed by atoms with Gasteiger partial charge in [0, 0.05) is 22.3 Å². The molecule has 1 saturated heterocycles. The second-order valence-corrected chi connectivity index (χ2v) is 7.56. The summed E-state index contributed by atoms with van der Waals surface area (Å²) < 4.78 is 11.2. The Balaban J connectivity index is 1.56. The van der Waals surface area contributed by atoms with Crippen LogP contribution < -0.4 is 5.32 Å². The molecule has 2 aliphatic heterocycles. The van der Waals surface area contributed by atoms with E-state index in [1.165, 1.54) is 4.90 Å². The molecule has 0 bridgehead atoms. The van der Waals surface area contributed by atoms with Crippen LogP contribution in [0.2, 0.25) is 5.02 Å². The molecule has 0 radical (unpaired) electrons. The molecule has 23 heavy (non-hydrogen) atoms. The Morgan fingerprint density at radius 1 is 1.52 bits per heavy atom. The summed E-state index contributed by atoms with van der Waals surface area (Å²) in [4.78, 5) is 13.6. The summed E-state index contributed by atoms with van der Waals surface area (Å²) in [6, 6.07) is 5.88. The molecule has 126 valence electrons. The average molecular weight is 356 g/mol. The van der Waals surface area contributed by atoms with Gasteiger partial charge in [-0.2, -0.15) is 0 Å². The molecule has 0 unspecified atom stereocenters. The van der Waals surface area contributed by atoms with E-state index < -0.39 is 6.10 Å². The number of nitrogens with one attached hydrogen (secondary N) is 1. The Morgan fingerprint density at radius 3 is 3.17 bits per heavy atom. The number of benzene rings is 1. The van der Waals surface area contributed by atoms with Gasteiger partial charge in [-0.05, 0) is 49.9 Å². The summed E-state index contributed by atoms with van der Waals surface area (Å²) >= 11 is 7.91. The molecule has 1 fully saturated rings. The van der Waals surface area contributed by atoms with Crippen molar-refractivity contribution in [3.63, 3.8) is 0 Å². The molecule has 1 N–H and O–H groups in total. The van der Waals surface area contributed by atoms with E-state index >= 15 is 0 Å². The van der Waals surface area contributed by atoms with Crippen LogP contribution >= 0.6 is 23.4 Å². The molecule has 1 amide bonds. The highest BCUT2D eigenvalue weighted by Gasteiger charge is 2.26. The Labute approximate surface area is 146 Å². The standard InChI is InChI=1S/C17H22ClNO3S/c1-11(22-10-13-3-2-7-21-13)17(20)19-15-6-8-23-16-5-4-12(18)9-14(15)16/h4-5,9,11,13,15H,2-3,6-8,10H2,1H3,(H,19,20)/t11-,13-,15+/m0/s1. The summed E-state index contributed by atoms with van der Waals surface area (Å²) in [5.41, 5.74) is 1.11. The van der Waals surface area contributed by atoms with Gasteiger partial charge in [-0.15, -0.1) is 11.8 Å². The van der Waals surface area contributed by atoms with Crippen LogP contribution in [0.4, 0.5) is 0 Å². The Hall–Kier alpha value is -0.750. The van der Waals surface area contributed by atoms with Crippen molar-refractivity contribution >= 4 is 29.3 Å². The van der Waals surface area contributed by atoms with Crippen LogP contribution in [0.3, 0.4) is 0 Å². The lowest BCUT2D eigenvalue weighted by atomic mass is 10.0. The summed E-state index contributed by atoms with van der Waals surface area (Å²) in [6.45, 7) is 3.07. The predicted octanol–water partition coefficient (Wildman–Crippen LogP) is 3.58. The molecular formula is C17H22ClNO3S. The molecule has 0 aliphatic carbocycles. The van der Waals surface area contributed by atoms with Gasteiger partial charge in [-0.1, -0.05) is 11.6 Å². The van der Waals surface area contributed by atoms with E-state index in [9.17, 15) is 4.79 Å². The molecule has 2 heterocycles. The van der Waals surface area contributed by atoms with Gasteiger partial charge in [0.1, 0.15) is 6.10 Å². The molecule has 0 aromatic heterocycles. The van der Waals surface area contributed by atoms with Crippen LogP contribution in [0.5, 0.6) is 0 Å². The number of fused-ring (bicyclic) bond motifs is 1. The number of rotatable bonds is 5. The molecule has 4 nitrogen and oxygen atoms in total. The second kappa shape index (κ2) is 7.88. The van der Waals surface area contributed by atoms with Gasteiger partial charge in [0.2, 0.25) is 5.91 Å². The first-order valence-electron chi connectivity index (χ1n) is 8.09. The van der Waals surface area contributed by atoms with Crippen molar-refractivity contribution in [2.45, 2.75) is 49.3 Å². The third-order valence-corrected chi connectivity index (χ3v) is 5.61. The van der Waals surface area contributed by atoms with Gasteiger partial charge in [-0.3, -0.25) is 4.79 Å². The molecule has 2 aliphatic rings. The Kier molecular flexibility index (Phi) is 5.85. The van der Waals surface area contributed by atoms with E-state index in [4.69, 9.17) is 21.1 Å². The maximum atomic E-state index is 12.4. The van der Waals surface area contributed by atoms with Gasteiger partial charge < -0.3 is 14.8 Å². The normalized spacial score (nSPS) is 25.0. The summed E-state index contributed by atoms with van der Waals surface area (Å²) in [5.74, 6) is 0.913. The summed E-state index contributed by atoms with van der Waals surface area (Å²) in [5, 5.41) is 3.80. The van der Waals surface area contributed by atoms with Gasteiger partial charge >= 0.3 is 0 Å². The van der Waals surface area contributed by atoms with Crippen LogP contribution in [0.15, 0.2) is 23.1 Å². The first kappa shape index (κ1) is 17.1. The van der Waals surface area contributed by atoms with Crippen molar-refractivity contribution in [3.05, 3.63) is 28.8 Å². The minimum Gasteiger partial charge on any atom is -0.376 e. The van der Waals surface area contributed by atoms with E-state index in [0.717, 1.165) is 37.2 Å². The van der Waals surface area contributed by atoms with E-state index in [2.05, 4.69) is 5.32 Å². The number of hydrogen-bond donors (Lipinski definition) is 1. The number of carbonyl (C=O) groups is 1. The van der Waals surface area contributed by atoms with Crippen LogP contribution in [-0.2, 0) is 14.3 Å². The SMILES string of the molecule is C[C@H](OC[C@@H]1CCCO1)C(=O)N[C@@H]1CCSc2ccc(Cl)cc21. The highest BCUT2D eigenvalue weighted by molar-refractivity contribution is 7.99. The zero-order valence-electron chi connectivity index (χ0n) is 13.2. The second-order valence-electron chi connectivity index (χ2n) is 5.99. The number of thioether (sulfide) groups is 1. The van der Waals surface area contributed by atoms with Crippen molar-refractivity contribution in [2.24, 2.45) is 0 Å². The minimum atomic E-state index is -0.476. The molecule has 3 rings (SSSR count). The van der Waals surface area contributed by atoms with Crippen molar-refractivity contribution in [2.75, 3.05) is 19.0 Å². The summed E-state index contributed by atoms with van der Waals surface area (Å²) in [6.07, 6.45) is 2.65. The van der Waals surface area contributed by atoms with Gasteiger partial charge in [-0.25, -0.2) is 0 Å². The lowest BCUT2D eigenvalue weighted by Crippen LogP contribution is -2.39. The topological polar surface area (TPSA) is 47.6 Å². The third kappa shape index (κ3) is 4.41. The van der Waals surface area contributed by atoms with Crippen molar-refractivity contribution in [1.29, 1.82) is 0 Å². The van der Waals surface area contributed by atoms with Crippen molar-refractivity contribution in [1.82, 2.24) is 5.32 Å². The average Bonchev–Trinajstić information content (AvgIpc) is 3.06. The maximum absolute atomic E-state index is 12.4. The molecule has 6 heteroatoms. The van der Waals surface area contributed by atoms with Crippen LogP contribution in [0.1, 0.15) is 37.8 Å². The smallest absolute Gasteiger partial charge is 0.249 e. The highest BCUT2D eigenvalue weighted by Crippen LogP contribution is 2.37. The lowest BCUT2D eigenvalue weighted by molar-refractivity contribution is -0.134. The van der Waals surface area contributed by atoms with Gasteiger partial charge in [0.25, 0.3) is 0 Å². The monoisotopic (exact) mass is 355 g/mol. The zero-order valence-corrected chi connectivity index (χ0v) is 14.8. The highest BCUT2D eigenvalue weighted by atomic mass is 35.5. The van der Waals surface area contributed by atoms with Crippen molar-refractivity contribution in [3.8, 4) is 0 Å². The molecular weight excluding hydrogens is 334 g/mol. The lowest BCUT2D eigenvalue weighted by Gasteiger charge is -2.27. The Morgan fingerprint density at radius 2 is 2.39 bits per heavy atom. The number of amides is 1. The minimum absolute atomic E-state index is 0.00577. The maximum Gasteiger partial charge on any atom is 0.249 e. The molecule has 0 spiro atoms. The van der Waals surface area contributed by atoms with E-state index in [1.54, 1.807) is 18.7 Å².